The minimum absolute atomic E-state index is 0.157. The number of pyridine rings is 1. The van der Waals surface area contributed by atoms with Gasteiger partial charge in [0.15, 0.2) is 0 Å². The zero-order valence-corrected chi connectivity index (χ0v) is 15.6. The van der Waals surface area contributed by atoms with Gasteiger partial charge in [0, 0.05) is 24.5 Å². The predicted molar refractivity (Wildman–Crippen MR) is 105 cm³/mol. The summed E-state index contributed by atoms with van der Waals surface area (Å²) in [6.45, 7) is 0.366. The van der Waals surface area contributed by atoms with Crippen molar-refractivity contribution in [2.45, 2.75) is 32.1 Å². The lowest BCUT2D eigenvalue weighted by Gasteiger charge is -2.11. The number of carboxylic acids is 1. The Morgan fingerprint density at radius 2 is 1.93 bits per heavy atom. The number of hydrogen-bond acceptors (Lipinski definition) is 5. The van der Waals surface area contributed by atoms with Crippen LogP contribution in [0.2, 0.25) is 0 Å². The van der Waals surface area contributed by atoms with Gasteiger partial charge in [-0.2, -0.15) is 0 Å². The van der Waals surface area contributed by atoms with Crippen molar-refractivity contribution in [1.29, 1.82) is 0 Å². The van der Waals surface area contributed by atoms with Crippen LogP contribution in [0.1, 0.15) is 37.7 Å². The van der Waals surface area contributed by atoms with E-state index in [1.54, 1.807) is 12.3 Å². The summed E-state index contributed by atoms with van der Waals surface area (Å²) in [6.07, 6.45) is 6.43. The first-order chi connectivity index (χ1) is 13.0. The van der Waals surface area contributed by atoms with Crippen LogP contribution in [-0.4, -0.2) is 38.7 Å². The lowest BCUT2D eigenvalue weighted by Crippen LogP contribution is -2.29. The number of hydrogen-bond donors (Lipinski definition) is 1. The number of unbranched alkanes of at least 4 members (excludes halogenated alkanes) is 3. The highest BCUT2D eigenvalue weighted by atomic mass is 32.2. The largest absolute Gasteiger partial charge is 0.481 e. The molecule has 1 N–H and O–H groups in total. The number of aliphatic carboxylic acids is 1. The molecule has 140 valence electrons. The number of carbonyl (C=O) groups excluding carboxylic acids is 2. The van der Waals surface area contributed by atoms with Crippen LogP contribution < -0.4 is 0 Å². The molecule has 2 amide bonds. The van der Waals surface area contributed by atoms with E-state index in [4.69, 9.17) is 5.11 Å². The van der Waals surface area contributed by atoms with Gasteiger partial charge in [-0.3, -0.25) is 24.3 Å². The maximum absolute atomic E-state index is 12.5. The van der Waals surface area contributed by atoms with Gasteiger partial charge in [-0.25, -0.2) is 0 Å². The van der Waals surface area contributed by atoms with Crippen LogP contribution in [0, 0.1) is 0 Å². The maximum Gasteiger partial charge on any atom is 0.303 e. The van der Waals surface area contributed by atoms with E-state index in [9.17, 15) is 14.4 Å². The van der Waals surface area contributed by atoms with E-state index >= 15 is 0 Å². The molecule has 1 fully saturated rings. The van der Waals surface area contributed by atoms with E-state index in [1.165, 1.54) is 4.90 Å². The van der Waals surface area contributed by atoms with Gasteiger partial charge in [0.05, 0.1) is 10.4 Å². The SMILES string of the molecule is O=C(O)CCCCCCN1C(=O)SC(=Cc2cnc3ccccc3c2)C1=O. The van der Waals surface area contributed by atoms with Gasteiger partial charge in [0.2, 0.25) is 0 Å². The first kappa shape index (κ1) is 19.1. The molecule has 1 aliphatic rings. The Balaban J connectivity index is 1.59. The summed E-state index contributed by atoms with van der Waals surface area (Å²) in [6, 6.07) is 9.66. The van der Waals surface area contributed by atoms with Crippen LogP contribution in [-0.2, 0) is 9.59 Å². The van der Waals surface area contributed by atoms with Crippen molar-refractivity contribution in [3.05, 3.63) is 47.0 Å². The van der Waals surface area contributed by atoms with Gasteiger partial charge in [0.25, 0.3) is 11.1 Å². The van der Waals surface area contributed by atoms with Crippen LogP contribution in [0.25, 0.3) is 17.0 Å². The molecule has 2 heterocycles. The second kappa shape index (κ2) is 8.81. The summed E-state index contributed by atoms with van der Waals surface area (Å²) in [7, 11) is 0. The number of fused-ring (bicyclic) bond motifs is 1. The first-order valence-electron chi connectivity index (χ1n) is 8.86. The highest BCUT2D eigenvalue weighted by Gasteiger charge is 2.34. The fourth-order valence-electron chi connectivity index (χ4n) is 2.91. The van der Waals surface area contributed by atoms with Gasteiger partial charge < -0.3 is 5.11 Å². The molecule has 2 aromatic rings. The molecule has 27 heavy (non-hydrogen) atoms. The van der Waals surface area contributed by atoms with E-state index in [-0.39, 0.29) is 17.6 Å². The van der Waals surface area contributed by atoms with Crippen molar-refractivity contribution >= 4 is 45.9 Å². The lowest BCUT2D eigenvalue weighted by atomic mass is 10.1. The fraction of sp³-hybridized carbons (Fsp3) is 0.300. The van der Waals surface area contributed by atoms with E-state index in [0.717, 1.165) is 41.1 Å². The van der Waals surface area contributed by atoms with Crippen molar-refractivity contribution in [2.75, 3.05) is 6.54 Å². The standard InChI is InChI=1S/C20H20N2O4S/c23-18(24)9-3-1-2-6-10-22-19(25)17(27-20(22)26)12-14-11-15-7-4-5-8-16(15)21-13-14/h4-5,7-8,11-13H,1-3,6,9-10H2,(H,23,24). The van der Waals surface area contributed by atoms with Crippen molar-refractivity contribution in [1.82, 2.24) is 9.88 Å². The summed E-state index contributed by atoms with van der Waals surface area (Å²) >= 11 is 0.947. The van der Waals surface area contributed by atoms with Gasteiger partial charge in [-0.1, -0.05) is 31.0 Å². The summed E-state index contributed by atoms with van der Waals surface area (Å²) in [5, 5.41) is 9.33. The lowest BCUT2D eigenvalue weighted by molar-refractivity contribution is -0.137. The molecule has 0 aliphatic carbocycles. The van der Waals surface area contributed by atoms with E-state index in [0.29, 0.717) is 24.3 Å². The summed E-state index contributed by atoms with van der Waals surface area (Å²) in [4.78, 5) is 41.2. The molecule has 0 bridgehead atoms. The molecule has 0 saturated carbocycles. The Labute approximate surface area is 161 Å². The molecule has 3 rings (SSSR count). The Kier molecular flexibility index (Phi) is 6.24. The Bertz CT molecular complexity index is 910. The number of thioether (sulfide) groups is 1. The fourth-order valence-corrected chi connectivity index (χ4v) is 3.78. The van der Waals surface area contributed by atoms with Crippen molar-refractivity contribution in [3.63, 3.8) is 0 Å². The molecule has 0 spiro atoms. The number of imide groups is 1. The van der Waals surface area contributed by atoms with Crippen LogP contribution in [0.3, 0.4) is 0 Å². The number of amides is 2. The normalized spacial score (nSPS) is 15.9. The average molecular weight is 384 g/mol. The zero-order valence-electron chi connectivity index (χ0n) is 14.8. The second-order valence-electron chi connectivity index (χ2n) is 6.35. The highest BCUT2D eigenvalue weighted by molar-refractivity contribution is 8.18. The number of rotatable bonds is 8. The number of nitrogens with zero attached hydrogens (tertiary/aromatic N) is 2. The maximum atomic E-state index is 12.5. The molecule has 1 aromatic carbocycles. The van der Waals surface area contributed by atoms with Crippen molar-refractivity contribution in [2.24, 2.45) is 0 Å². The molecule has 1 aromatic heterocycles. The van der Waals surface area contributed by atoms with Gasteiger partial charge >= 0.3 is 5.97 Å². The number of benzene rings is 1. The van der Waals surface area contributed by atoms with Crippen LogP contribution >= 0.6 is 11.8 Å². The second-order valence-corrected chi connectivity index (χ2v) is 7.35. The Morgan fingerprint density at radius 1 is 1.15 bits per heavy atom. The number of carboxylic acid groups (broad SMARTS) is 1. The highest BCUT2D eigenvalue weighted by Crippen LogP contribution is 2.32. The van der Waals surface area contributed by atoms with Crippen LogP contribution in [0.5, 0.6) is 0 Å². The average Bonchev–Trinajstić information content (AvgIpc) is 2.91. The molecule has 1 saturated heterocycles. The molecule has 1 aliphatic heterocycles. The van der Waals surface area contributed by atoms with Crippen LogP contribution in [0.15, 0.2) is 41.4 Å². The Morgan fingerprint density at radius 3 is 2.74 bits per heavy atom. The Hall–Kier alpha value is -2.67. The minimum atomic E-state index is -0.797. The number of carbonyl (C=O) groups is 3. The third-order valence-corrected chi connectivity index (χ3v) is 5.21. The minimum Gasteiger partial charge on any atom is -0.481 e. The summed E-state index contributed by atoms with van der Waals surface area (Å²) in [5.74, 6) is -1.07. The summed E-state index contributed by atoms with van der Waals surface area (Å²) in [5.41, 5.74) is 1.67. The number of aromatic nitrogens is 1. The van der Waals surface area contributed by atoms with Gasteiger partial charge in [-0.15, -0.1) is 0 Å². The summed E-state index contributed by atoms with van der Waals surface area (Å²) < 4.78 is 0. The van der Waals surface area contributed by atoms with Crippen LogP contribution in [0.4, 0.5) is 4.79 Å². The third kappa shape index (κ3) is 4.95. The van der Waals surface area contributed by atoms with Gasteiger partial charge in [-0.05, 0) is 48.4 Å². The molecule has 6 nitrogen and oxygen atoms in total. The smallest absolute Gasteiger partial charge is 0.303 e. The van der Waals surface area contributed by atoms with E-state index < -0.39 is 5.97 Å². The van der Waals surface area contributed by atoms with Crippen molar-refractivity contribution in [3.8, 4) is 0 Å². The molecular formula is C20H20N2O4S. The topological polar surface area (TPSA) is 87.6 Å². The molecule has 0 atom stereocenters. The third-order valence-electron chi connectivity index (χ3n) is 4.31. The first-order valence-corrected chi connectivity index (χ1v) is 9.68. The molecule has 0 unspecified atom stereocenters. The van der Waals surface area contributed by atoms with E-state index in [2.05, 4.69) is 4.98 Å². The predicted octanol–water partition coefficient (Wildman–Crippen LogP) is 4.31. The van der Waals surface area contributed by atoms with Gasteiger partial charge in [0.1, 0.15) is 0 Å². The monoisotopic (exact) mass is 384 g/mol. The molecular weight excluding hydrogens is 364 g/mol. The number of para-hydroxylation sites is 1. The molecule has 0 radical (unpaired) electrons. The quantitative estimate of drug-likeness (QED) is 0.539. The van der Waals surface area contributed by atoms with Crippen molar-refractivity contribution < 1.29 is 19.5 Å². The zero-order chi connectivity index (χ0) is 19.2. The molecule has 7 heteroatoms. The van der Waals surface area contributed by atoms with E-state index in [1.807, 2.05) is 30.3 Å².